The second-order valence-corrected chi connectivity index (χ2v) is 8.36. The maximum Gasteiger partial charge on any atom is 0.303 e. The molecule has 2 aliphatic rings. The van der Waals surface area contributed by atoms with Gasteiger partial charge in [-0.2, -0.15) is 0 Å². The molecule has 3 heteroatoms. The lowest BCUT2D eigenvalue weighted by Gasteiger charge is -2.27. The summed E-state index contributed by atoms with van der Waals surface area (Å²) in [4.78, 5) is 11.4. The monoisotopic (exact) mass is 334 g/mol. The molecule has 0 aromatic rings. The van der Waals surface area contributed by atoms with E-state index in [1.165, 1.54) is 19.8 Å². The molecule has 136 valence electrons. The van der Waals surface area contributed by atoms with Crippen LogP contribution in [0.15, 0.2) is 24.3 Å². The number of ether oxygens (including phenoxy) is 1. The smallest absolute Gasteiger partial charge is 0.303 e. The molecule has 0 amide bonds. The topological polar surface area (TPSA) is 46.5 Å². The van der Waals surface area contributed by atoms with Crippen LogP contribution in [0.5, 0.6) is 0 Å². The van der Waals surface area contributed by atoms with E-state index in [4.69, 9.17) is 4.74 Å². The van der Waals surface area contributed by atoms with Crippen LogP contribution in [0.25, 0.3) is 0 Å². The fourth-order valence-electron chi connectivity index (χ4n) is 4.52. The normalized spacial score (nSPS) is 39.2. The molecule has 24 heavy (non-hydrogen) atoms. The summed E-state index contributed by atoms with van der Waals surface area (Å²) in [5, 5.41) is 10.7. The highest BCUT2D eigenvalue weighted by Crippen LogP contribution is 2.45. The van der Waals surface area contributed by atoms with Gasteiger partial charge in [-0.3, -0.25) is 4.79 Å². The van der Waals surface area contributed by atoms with E-state index in [2.05, 4.69) is 26.5 Å². The SMILES string of the molecule is C=C1CC[C@H]2[C@@H](C(C)C)CC[C@@H]2/C=C/[C@](C)(O)CC[C@H]1OC(C)=O. The van der Waals surface area contributed by atoms with Crippen molar-refractivity contribution in [2.45, 2.75) is 77.9 Å². The number of esters is 1. The van der Waals surface area contributed by atoms with E-state index in [1.807, 2.05) is 13.0 Å². The average molecular weight is 335 g/mol. The number of hydrogen-bond donors (Lipinski definition) is 1. The van der Waals surface area contributed by atoms with Crippen LogP contribution in [-0.4, -0.2) is 22.8 Å². The summed E-state index contributed by atoms with van der Waals surface area (Å²) >= 11 is 0. The van der Waals surface area contributed by atoms with Crippen molar-refractivity contribution in [3.8, 4) is 0 Å². The summed E-state index contributed by atoms with van der Waals surface area (Å²) in [6.07, 6.45) is 9.62. The van der Waals surface area contributed by atoms with Crippen LogP contribution >= 0.6 is 0 Å². The van der Waals surface area contributed by atoms with Crippen LogP contribution in [0.3, 0.4) is 0 Å². The number of allylic oxidation sites excluding steroid dienone is 1. The molecule has 1 saturated carbocycles. The van der Waals surface area contributed by atoms with Gasteiger partial charge in [-0.1, -0.05) is 32.6 Å². The Morgan fingerprint density at radius 2 is 2.04 bits per heavy atom. The van der Waals surface area contributed by atoms with Crippen LogP contribution in [-0.2, 0) is 9.53 Å². The number of fused-ring (bicyclic) bond motifs is 1. The van der Waals surface area contributed by atoms with Crippen molar-refractivity contribution in [1.82, 2.24) is 0 Å². The second-order valence-electron chi connectivity index (χ2n) is 8.36. The summed E-state index contributed by atoms with van der Waals surface area (Å²) in [5.74, 6) is 2.30. The average Bonchev–Trinajstić information content (AvgIpc) is 2.88. The molecule has 1 fully saturated rings. The number of carbonyl (C=O) groups excluding carboxylic acids is 1. The van der Waals surface area contributed by atoms with Crippen molar-refractivity contribution in [2.24, 2.45) is 23.7 Å². The van der Waals surface area contributed by atoms with E-state index < -0.39 is 5.60 Å². The molecule has 0 heterocycles. The molecule has 5 atom stereocenters. The van der Waals surface area contributed by atoms with Gasteiger partial charge >= 0.3 is 5.97 Å². The highest BCUT2D eigenvalue weighted by molar-refractivity contribution is 5.66. The Bertz CT molecular complexity index is 489. The first-order valence-corrected chi connectivity index (χ1v) is 9.46. The Labute approximate surface area is 147 Å². The third kappa shape index (κ3) is 4.95. The minimum atomic E-state index is -0.858. The van der Waals surface area contributed by atoms with Crippen LogP contribution in [0.1, 0.15) is 66.2 Å². The summed E-state index contributed by atoms with van der Waals surface area (Å²) in [6, 6.07) is 0. The number of rotatable bonds is 2. The van der Waals surface area contributed by atoms with Crippen LogP contribution in [0.4, 0.5) is 0 Å². The van der Waals surface area contributed by atoms with E-state index in [0.717, 1.165) is 24.3 Å². The molecule has 0 aliphatic heterocycles. The second kappa shape index (κ2) is 7.86. The third-order valence-electron chi connectivity index (χ3n) is 5.97. The van der Waals surface area contributed by atoms with E-state index in [9.17, 15) is 9.90 Å². The molecule has 2 rings (SSSR count). The third-order valence-corrected chi connectivity index (χ3v) is 5.97. The van der Waals surface area contributed by atoms with Gasteiger partial charge in [-0.05, 0) is 74.7 Å². The minimum Gasteiger partial charge on any atom is -0.458 e. The molecule has 1 N–H and O–H groups in total. The molecule has 3 nitrogen and oxygen atoms in total. The van der Waals surface area contributed by atoms with Gasteiger partial charge in [0.15, 0.2) is 0 Å². The fourth-order valence-corrected chi connectivity index (χ4v) is 4.52. The summed E-state index contributed by atoms with van der Waals surface area (Å²) in [5.41, 5.74) is 0.139. The standard InChI is InChI=1S/C21H34O3/c1-14(2)18-9-7-17-10-12-21(5,23)13-11-20(24-16(4)22)15(3)6-8-19(17)18/h10,12,14,17-20,23H,3,6-9,11,13H2,1-2,4-5H3/b12-10+/t17-,18-,19-,20-,21+/m1/s1. The lowest BCUT2D eigenvalue weighted by Crippen LogP contribution is -2.26. The zero-order chi connectivity index (χ0) is 17.9. The largest absolute Gasteiger partial charge is 0.458 e. The molecule has 0 bridgehead atoms. The highest BCUT2D eigenvalue weighted by Gasteiger charge is 2.37. The Hall–Kier alpha value is -1.09. The summed E-state index contributed by atoms with van der Waals surface area (Å²) < 4.78 is 5.48. The lowest BCUT2D eigenvalue weighted by molar-refractivity contribution is -0.145. The van der Waals surface area contributed by atoms with Gasteiger partial charge in [0.2, 0.25) is 0 Å². The predicted octanol–water partition coefficient (Wildman–Crippen LogP) is 4.65. The van der Waals surface area contributed by atoms with Crippen LogP contribution in [0.2, 0.25) is 0 Å². The van der Waals surface area contributed by atoms with Gasteiger partial charge in [0, 0.05) is 6.92 Å². The van der Waals surface area contributed by atoms with E-state index >= 15 is 0 Å². The molecule has 0 radical (unpaired) electrons. The molecular formula is C21H34O3. The van der Waals surface area contributed by atoms with Crippen molar-refractivity contribution in [3.05, 3.63) is 24.3 Å². The molecule has 2 aliphatic carbocycles. The Balaban J connectivity index is 2.22. The maximum atomic E-state index is 11.4. The van der Waals surface area contributed by atoms with Gasteiger partial charge in [-0.25, -0.2) is 0 Å². The van der Waals surface area contributed by atoms with Crippen molar-refractivity contribution in [3.63, 3.8) is 0 Å². The quantitative estimate of drug-likeness (QED) is 0.590. The van der Waals surface area contributed by atoms with E-state index in [1.54, 1.807) is 0 Å². The highest BCUT2D eigenvalue weighted by atomic mass is 16.5. The first-order chi connectivity index (χ1) is 11.2. The number of carbonyl (C=O) groups is 1. The molecular weight excluding hydrogens is 300 g/mol. The van der Waals surface area contributed by atoms with Crippen LogP contribution in [0, 0.1) is 23.7 Å². The van der Waals surface area contributed by atoms with Gasteiger partial charge in [0.1, 0.15) is 6.10 Å². The molecule has 0 aromatic carbocycles. The van der Waals surface area contributed by atoms with Crippen molar-refractivity contribution in [1.29, 1.82) is 0 Å². The number of aliphatic hydroxyl groups is 1. The van der Waals surface area contributed by atoms with Gasteiger partial charge < -0.3 is 9.84 Å². The zero-order valence-corrected chi connectivity index (χ0v) is 15.8. The molecule has 0 aromatic heterocycles. The van der Waals surface area contributed by atoms with Crippen LogP contribution < -0.4 is 0 Å². The minimum absolute atomic E-state index is 0.273. The molecule has 0 spiro atoms. The predicted molar refractivity (Wildman–Crippen MR) is 97.5 cm³/mol. The molecule has 0 saturated heterocycles. The van der Waals surface area contributed by atoms with Crippen molar-refractivity contribution < 1.29 is 14.6 Å². The van der Waals surface area contributed by atoms with Gasteiger partial charge in [0.25, 0.3) is 0 Å². The van der Waals surface area contributed by atoms with Crippen molar-refractivity contribution in [2.75, 3.05) is 0 Å². The van der Waals surface area contributed by atoms with E-state index in [0.29, 0.717) is 30.6 Å². The number of hydrogen-bond acceptors (Lipinski definition) is 3. The summed E-state index contributed by atoms with van der Waals surface area (Å²) in [6.45, 7) is 12.1. The Kier molecular flexibility index (Phi) is 6.30. The van der Waals surface area contributed by atoms with Gasteiger partial charge in [-0.15, -0.1) is 0 Å². The fraction of sp³-hybridized carbons (Fsp3) is 0.762. The first-order valence-electron chi connectivity index (χ1n) is 9.46. The van der Waals surface area contributed by atoms with Crippen molar-refractivity contribution >= 4 is 5.97 Å². The Morgan fingerprint density at radius 1 is 1.33 bits per heavy atom. The first kappa shape index (κ1) is 19.2. The van der Waals surface area contributed by atoms with E-state index in [-0.39, 0.29) is 12.1 Å². The molecule has 0 unspecified atom stereocenters. The summed E-state index contributed by atoms with van der Waals surface area (Å²) in [7, 11) is 0. The lowest BCUT2D eigenvalue weighted by atomic mass is 9.79. The van der Waals surface area contributed by atoms with Gasteiger partial charge in [0.05, 0.1) is 5.60 Å². The maximum absolute atomic E-state index is 11.4. The zero-order valence-electron chi connectivity index (χ0n) is 15.8. The Morgan fingerprint density at radius 3 is 2.67 bits per heavy atom.